The number of hydrogen-bond donors (Lipinski definition) is 1. The van der Waals surface area contributed by atoms with E-state index in [0.29, 0.717) is 18.4 Å². The number of rotatable bonds is 5. The molecule has 1 amide bonds. The van der Waals surface area contributed by atoms with Gasteiger partial charge in [-0.1, -0.05) is 17.8 Å². The molecule has 0 saturated carbocycles. The summed E-state index contributed by atoms with van der Waals surface area (Å²) in [5, 5.41) is 3.63. The first-order valence-electron chi connectivity index (χ1n) is 8.57. The van der Waals surface area contributed by atoms with Crippen LogP contribution in [0.4, 0.5) is 0 Å². The highest BCUT2D eigenvalue weighted by Gasteiger charge is 2.16. The minimum atomic E-state index is -0.124. The molecule has 2 heterocycles. The molecule has 6 nitrogen and oxygen atoms in total. The fraction of sp³-hybridized carbons (Fsp3) is 0.421. The van der Waals surface area contributed by atoms with Crippen molar-refractivity contribution in [1.29, 1.82) is 0 Å². The number of fused-ring (bicyclic) bond motifs is 1. The molecule has 1 aliphatic rings. The Labute approximate surface area is 157 Å². The lowest BCUT2D eigenvalue weighted by atomic mass is 10.1. The van der Waals surface area contributed by atoms with Gasteiger partial charge in [0.2, 0.25) is 5.91 Å². The van der Waals surface area contributed by atoms with E-state index >= 15 is 0 Å². The van der Waals surface area contributed by atoms with Crippen LogP contribution >= 0.6 is 11.8 Å². The van der Waals surface area contributed by atoms with Crippen LogP contribution in [-0.2, 0) is 4.79 Å². The number of nitrogens with zero attached hydrogens (tertiary/aromatic N) is 2. The minimum Gasteiger partial charge on any atom is -0.486 e. The molecule has 0 fully saturated rings. The smallest absolute Gasteiger partial charge is 0.230 e. The number of carbonyl (C=O) groups excluding carboxylic acids is 1. The van der Waals surface area contributed by atoms with Crippen molar-refractivity contribution in [2.24, 2.45) is 0 Å². The predicted octanol–water partition coefficient (Wildman–Crippen LogP) is 3.14. The van der Waals surface area contributed by atoms with Crippen molar-refractivity contribution in [2.45, 2.75) is 38.9 Å². The highest BCUT2D eigenvalue weighted by atomic mass is 32.2. The lowest BCUT2D eigenvalue weighted by molar-refractivity contribution is -0.119. The molecule has 138 valence electrons. The average molecular weight is 373 g/mol. The van der Waals surface area contributed by atoms with Crippen LogP contribution in [0.15, 0.2) is 23.4 Å². The van der Waals surface area contributed by atoms with E-state index in [2.05, 4.69) is 15.3 Å². The minimum absolute atomic E-state index is 0.0585. The van der Waals surface area contributed by atoms with Crippen LogP contribution in [-0.4, -0.2) is 34.8 Å². The van der Waals surface area contributed by atoms with Crippen molar-refractivity contribution in [3.8, 4) is 11.5 Å². The van der Waals surface area contributed by atoms with Gasteiger partial charge < -0.3 is 14.8 Å². The Bertz CT molecular complexity index is 803. The largest absolute Gasteiger partial charge is 0.486 e. The first kappa shape index (κ1) is 18.5. The summed E-state index contributed by atoms with van der Waals surface area (Å²) < 4.78 is 11.1. The lowest BCUT2D eigenvalue weighted by Gasteiger charge is -2.21. The summed E-state index contributed by atoms with van der Waals surface area (Å²) in [6.07, 6.45) is 0. The summed E-state index contributed by atoms with van der Waals surface area (Å²) in [6, 6.07) is 5.62. The summed E-state index contributed by atoms with van der Waals surface area (Å²) in [6.45, 7) is 8.97. The summed E-state index contributed by atoms with van der Waals surface area (Å²) in [7, 11) is 0. The average Bonchev–Trinajstić information content (AvgIpc) is 2.63. The zero-order chi connectivity index (χ0) is 18.7. The maximum atomic E-state index is 12.3. The number of aryl methyl sites for hydroxylation is 2. The van der Waals surface area contributed by atoms with Gasteiger partial charge in [-0.3, -0.25) is 4.79 Å². The molecule has 1 aromatic carbocycles. The second-order valence-corrected chi connectivity index (χ2v) is 7.23. The van der Waals surface area contributed by atoms with Crippen molar-refractivity contribution < 1.29 is 14.3 Å². The van der Waals surface area contributed by atoms with Gasteiger partial charge in [-0.25, -0.2) is 9.97 Å². The van der Waals surface area contributed by atoms with Crippen LogP contribution in [0.1, 0.15) is 35.5 Å². The van der Waals surface area contributed by atoms with Crippen LogP contribution in [0, 0.1) is 20.8 Å². The van der Waals surface area contributed by atoms with Gasteiger partial charge in [0, 0.05) is 11.4 Å². The van der Waals surface area contributed by atoms with Gasteiger partial charge in [0.25, 0.3) is 0 Å². The van der Waals surface area contributed by atoms with Crippen LogP contribution in [0.25, 0.3) is 0 Å². The number of amides is 1. The molecular formula is C19H23N3O3S. The molecule has 0 bridgehead atoms. The third kappa shape index (κ3) is 4.27. The van der Waals surface area contributed by atoms with Gasteiger partial charge in [-0.2, -0.15) is 0 Å². The van der Waals surface area contributed by atoms with E-state index in [4.69, 9.17) is 9.47 Å². The molecule has 1 atom stereocenters. The van der Waals surface area contributed by atoms with Gasteiger partial charge in [0.05, 0.1) is 11.8 Å². The van der Waals surface area contributed by atoms with Crippen molar-refractivity contribution in [3.05, 3.63) is 40.7 Å². The highest BCUT2D eigenvalue weighted by molar-refractivity contribution is 7.99. The number of benzene rings is 1. The van der Waals surface area contributed by atoms with Crippen molar-refractivity contribution in [2.75, 3.05) is 19.0 Å². The monoisotopic (exact) mass is 373 g/mol. The van der Waals surface area contributed by atoms with Crippen LogP contribution in [0.3, 0.4) is 0 Å². The standard InChI is InChI=1S/C19H23N3O3S/c1-11-12(2)21-19(22-13(11)3)26-10-18(23)20-14(4)15-5-6-16-17(9-15)25-8-7-24-16/h5-6,9,14H,7-8,10H2,1-4H3,(H,20,23)/t14-/m0/s1. The Morgan fingerprint density at radius 3 is 2.50 bits per heavy atom. The molecule has 2 aromatic rings. The summed E-state index contributed by atoms with van der Waals surface area (Å²) >= 11 is 1.35. The second kappa shape index (κ2) is 7.95. The van der Waals surface area contributed by atoms with E-state index in [-0.39, 0.29) is 17.7 Å². The molecule has 1 N–H and O–H groups in total. The van der Waals surface area contributed by atoms with Gasteiger partial charge in [-0.15, -0.1) is 0 Å². The Balaban J connectivity index is 1.58. The van der Waals surface area contributed by atoms with E-state index in [1.165, 1.54) is 11.8 Å². The van der Waals surface area contributed by atoms with Crippen molar-refractivity contribution in [3.63, 3.8) is 0 Å². The Morgan fingerprint density at radius 1 is 1.15 bits per heavy atom. The van der Waals surface area contributed by atoms with Crippen LogP contribution in [0.2, 0.25) is 0 Å². The normalized spacial score (nSPS) is 14.0. The third-order valence-corrected chi connectivity index (χ3v) is 5.24. The molecule has 0 radical (unpaired) electrons. The number of nitrogens with one attached hydrogen (secondary N) is 1. The van der Waals surface area contributed by atoms with Gasteiger partial charge in [0.15, 0.2) is 16.7 Å². The fourth-order valence-electron chi connectivity index (χ4n) is 2.63. The maximum Gasteiger partial charge on any atom is 0.230 e. The number of thioether (sulfide) groups is 1. The second-order valence-electron chi connectivity index (χ2n) is 6.28. The zero-order valence-corrected chi connectivity index (χ0v) is 16.3. The molecule has 1 aliphatic heterocycles. The highest BCUT2D eigenvalue weighted by Crippen LogP contribution is 2.32. The zero-order valence-electron chi connectivity index (χ0n) is 15.5. The molecule has 0 unspecified atom stereocenters. The number of ether oxygens (including phenoxy) is 2. The molecular weight excluding hydrogens is 350 g/mol. The molecule has 1 aromatic heterocycles. The van der Waals surface area contributed by atoms with Gasteiger partial charge in [0.1, 0.15) is 13.2 Å². The van der Waals surface area contributed by atoms with Crippen LogP contribution in [0.5, 0.6) is 11.5 Å². The topological polar surface area (TPSA) is 73.3 Å². The van der Waals surface area contributed by atoms with E-state index in [1.54, 1.807) is 0 Å². The quantitative estimate of drug-likeness (QED) is 0.641. The van der Waals surface area contributed by atoms with E-state index in [0.717, 1.165) is 34.0 Å². The molecule has 26 heavy (non-hydrogen) atoms. The van der Waals surface area contributed by atoms with Crippen LogP contribution < -0.4 is 14.8 Å². The fourth-order valence-corrected chi connectivity index (χ4v) is 3.38. The first-order chi connectivity index (χ1) is 12.4. The lowest BCUT2D eigenvalue weighted by Crippen LogP contribution is -2.28. The SMILES string of the molecule is Cc1nc(SCC(=O)N[C@@H](C)c2ccc3c(c2)OCCO3)nc(C)c1C. The van der Waals surface area contributed by atoms with Gasteiger partial charge in [-0.05, 0) is 51.0 Å². The van der Waals surface area contributed by atoms with Gasteiger partial charge >= 0.3 is 0 Å². The number of aromatic nitrogens is 2. The van der Waals surface area contributed by atoms with E-state index < -0.39 is 0 Å². The van der Waals surface area contributed by atoms with E-state index in [9.17, 15) is 4.79 Å². The first-order valence-corrected chi connectivity index (χ1v) is 9.56. The molecule has 7 heteroatoms. The Kier molecular flexibility index (Phi) is 5.66. The van der Waals surface area contributed by atoms with Crippen molar-refractivity contribution in [1.82, 2.24) is 15.3 Å². The Hall–Kier alpha value is -2.28. The molecule has 0 spiro atoms. The maximum absolute atomic E-state index is 12.3. The predicted molar refractivity (Wildman–Crippen MR) is 101 cm³/mol. The number of hydrogen-bond acceptors (Lipinski definition) is 6. The third-order valence-electron chi connectivity index (χ3n) is 4.39. The number of carbonyl (C=O) groups is 1. The molecule has 0 saturated heterocycles. The molecule has 3 rings (SSSR count). The molecule has 0 aliphatic carbocycles. The summed E-state index contributed by atoms with van der Waals surface area (Å²) in [5.41, 5.74) is 3.96. The van der Waals surface area contributed by atoms with Crippen molar-refractivity contribution >= 4 is 17.7 Å². The van der Waals surface area contributed by atoms with E-state index in [1.807, 2.05) is 45.9 Å². The summed E-state index contributed by atoms with van der Waals surface area (Å²) in [4.78, 5) is 21.1. The Morgan fingerprint density at radius 2 is 1.81 bits per heavy atom. The summed E-state index contributed by atoms with van der Waals surface area (Å²) in [5.74, 6) is 1.69.